The Kier molecular flexibility index (Phi) is 7.34. The van der Waals surface area contributed by atoms with E-state index >= 15 is 0 Å². The van der Waals surface area contributed by atoms with Crippen LogP contribution in [0.3, 0.4) is 0 Å². The van der Waals surface area contributed by atoms with Crippen molar-refractivity contribution in [1.29, 1.82) is 0 Å². The third-order valence-electron chi connectivity index (χ3n) is 6.61. The van der Waals surface area contributed by atoms with Crippen LogP contribution in [0.1, 0.15) is 36.8 Å². The average molecular weight is 562 g/mol. The second kappa shape index (κ2) is 10.7. The predicted molar refractivity (Wildman–Crippen MR) is 155 cm³/mol. The van der Waals surface area contributed by atoms with E-state index in [0.717, 1.165) is 22.4 Å². The molecule has 1 atom stereocenters. The number of halogens is 1. The van der Waals surface area contributed by atoms with Crippen molar-refractivity contribution in [1.82, 2.24) is 4.57 Å². The molecule has 7 nitrogen and oxygen atoms in total. The van der Waals surface area contributed by atoms with Gasteiger partial charge in [-0.1, -0.05) is 41.1 Å². The summed E-state index contributed by atoms with van der Waals surface area (Å²) >= 11 is 7.45. The third kappa shape index (κ3) is 5.10. The number of hydrogen-bond donors (Lipinski definition) is 0. The Hall–Kier alpha value is -3.88. The van der Waals surface area contributed by atoms with Crippen molar-refractivity contribution in [2.45, 2.75) is 26.8 Å². The quantitative estimate of drug-likeness (QED) is 0.307. The van der Waals surface area contributed by atoms with Crippen LogP contribution in [0.25, 0.3) is 17.4 Å². The minimum Gasteiger partial charge on any atom is -0.463 e. The SMILES string of the molecule is CCOC(=O)C1=C(C)N=c2s/c(=C\c3ccc(-c4cc(Cl)ccc4C)o3)c(=O)n2C1c1ccc(N(C)C)cc1. The molecule has 1 aliphatic heterocycles. The number of aryl methyl sites for hydroxylation is 1. The first-order chi connectivity index (χ1) is 18.7. The van der Waals surface area contributed by atoms with Crippen LogP contribution in [0, 0.1) is 6.92 Å². The number of anilines is 1. The molecule has 1 aliphatic rings. The van der Waals surface area contributed by atoms with Crippen molar-refractivity contribution in [3.05, 3.63) is 107 Å². The van der Waals surface area contributed by atoms with Gasteiger partial charge in [0.15, 0.2) is 4.80 Å². The maximum absolute atomic E-state index is 13.8. The third-order valence-corrected chi connectivity index (χ3v) is 7.83. The van der Waals surface area contributed by atoms with Crippen LogP contribution in [0.5, 0.6) is 0 Å². The van der Waals surface area contributed by atoms with Crippen LogP contribution >= 0.6 is 22.9 Å². The van der Waals surface area contributed by atoms with E-state index in [1.54, 1.807) is 24.5 Å². The molecular formula is C30H28ClN3O4S. The van der Waals surface area contributed by atoms with Gasteiger partial charge in [0.2, 0.25) is 0 Å². The van der Waals surface area contributed by atoms with E-state index in [9.17, 15) is 9.59 Å². The van der Waals surface area contributed by atoms with E-state index in [1.165, 1.54) is 11.3 Å². The molecule has 0 bridgehead atoms. The van der Waals surface area contributed by atoms with Gasteiger partial charge in [-0.2, -0.15) is 0 Å². The zero-order valence-electron chi connectivity index (χ0n) is 22.3. The Morgan fingerprint density at radius 1 is 1.15 bits per heavy atom. The molecule has 0 aliphatic carbocycles. The number of furan rings is 1. The number of nitrogens with zero attached hydrogens (tertiary/aromatic N) is 3. The Labute approximate surface area is 234 Å². The molecule has 2 aromatic carbocycles. The number of allylic oxidation sites excluding steroid dienone is 1. The van der Waals surface area contributed by atoms with E-state index in [4.69, 9.17) is 20.8 Å². The second-order valence-corrected chi connectivity index (χ2v) is 10.9. The lowest BCUT2D eigenvalue weighted by Crippen LogP contribution is -2.39. The first kappa shape index (κ1) is 26.7. The largest absolute Gasteiger partial charge is 0.463 e. The summed E-state index contributed by atoms with van der Waals surface area (Å²) < 4.78 is 13.5. The number of carbonyl (C=O) groups is 1. The lowest BCUT2D eigenvalue weighted by Gasteiger charge is -2.25. The number of esters is 1. The Balaban J connectivity index is 1.63. The lowest BCUT2D eigenvalue weighted by atomic mass is 9.95. The summed E-state index contributed by atoms with van der Waals surface area (Å²) in [5.74, 6) is 0.707. The lowest BCUT2D eigenvalue weighted by molar-refractivity contribution is -0.139. The molecular weight excluding hydrogens is 534 g/mol. The fraction of sp³-hybridized carbons (Fsp3) is 0.233. The molecule has 5 rings (SSSR count). The maximum Gasteiger partial charge on any atom is 0.338 e. The van der Waals surface area contributed by atoms with Crippen LogP contribution in [-0.4, -0.2) is 31.2 Å². The Morgan fingerprint density at radius 2 is 1.90 bits per heavy atom. The van der Waals surface area contributed by atoms with E-state index in [2.05, 4.69) is 4.99 Å². The van der Waals surface area contributed by atoms with Gasteiger partial charge < -0.3 is 14.1 Å². The molecule has 4 aromatic rings. The number of carbonyl (C=O) groups excluding carboxylic acids is 1. The van der Waals surface area contributed by atoms with Crippen molar-refractivity contribution < 1.29 is 13.9 Å². The monoisotopic (exact) mass is 561 g/mol. The van der Waals surface area contributed by atoms with Gasteiger partial charge in [-0.05, 0) is 68.3 Å². The van der Waals surface area contributed by atoms with E-state index in [1.807, 2.05) is 80.5 Å². The molecule has 3 heterocycles. The molecule has 0 N–H and O–H groups in total. The zero-order valence-corrected chi connectivity index (χ0v) is 23.9. The summed E-state index contributed by atoms with van der Waals surface area (Å²) in [7, 11) is 3.92. The highest BCUT2D eigenvalue weighted by atomic mass is 35.5. The minimum atomic E-state index is -0.667. The highest BCUT2D eigenvalue weighted by Gasteiger charge is 2.33. The fourth-order valence-electron chi connectivity index (χ4n) is 4.63. The molecule has 2 aromatic heterocycles. The molecule has 0 radical (unpaired) electrons. The summed E-state index contributed by atoms with van der Waals surface area (Å²) in [6.07, 6.45) is 1.71. The standard InChI is InChI=1S/C30H28ClN3O4S/c1-6-37-29(36)26-18(3)32-30-34(27(26)19-8-11-21(12-9-19)33(4)5)28(35)25(39-30)16-22-13-14-24(38-22)23-15-20(31)10-7-17(23)2/h7-16,27H,6H2,1-5H3/b25-16-. The number of benzene rings is 2. The number of aromatic nitrogens is 1. The highest BCUT2D eigenvalue weighted by Crippen LogP contribution is 2.32. The predicted octanol–water partition coefficient (Wildman–Crippen LogP) is 5.09. The summed E-state index contributed by atoms with van der Waals surface area (Å²) in [5.41, 5.74) is 4.34. The van der Waals surface area contributed by atoms with Crippen molar-refractivity contribution >= 4 is 40.7 Å². The van der Waals surface area contributed by atoms with E-state index < -0.39 is 12.0 Å². The van der Waals surface area contributed by atoms with Gasteiger partial charge in [0.05, 0.1) is 28.5 Å². The van der Waals surface area contributed by atoms with Crippen LogP contribution in [0.4, 0.5) is 5.69 Å². The van der Waals surface area contributed by atoms with Gasteiger partial charge in [0.25, 0.3) is 5.56 Å². The number of ether oxygens (including phenoxy) is 1. The van der Waals surface area contributed by atoms with E-state index in [-0.39, 0.29) is 12.2 Å². The van der Waals surface area contributed by atoms with Crippen molar-refractivity contribution in [2.24, 2.45) is 4.99 Å². The summed E-state index contributed by atoms with van der Waals surface area (Å²) in [6.45, 7) is 5.74. The molecule has 0 saturated heterocycles. The van der Waals surface area contributed by atoms with Crippen LogP contribution < -0.4 is 19.8 Å². The zero-order chi connectivity index (χ0) is 27.8. The first-order valence-electron chi connectivity index (χ1n) is 12.5. The summed E-state index contributed by atoms with van der Waals surface area (Å²) in [5, 5.41) is 0.619. The number of fused-ring (bicyclic) bond motifs is 1. The minimum absolute atomic E-state index is 0.221. The topological polar surface area (TPSA) is 77.0 Å². The number of hydrogen-bond acceptors (Lipinski definition) is 7. The molecule has 39 heavy (non-hydrogen) atoms. The van der Waals surface area contributed by atoms with Crippen LogP contribution in [0.2, 0.25) is 5.02 Å². The second-order valence-electron chi connectivity index (χ2n) is 9.45. The van der Waals surface area contributed by atoms with Gasteiger partial charge in [-0.25, -0.2) is 9.79 Å². The average Bonchev–Trinajstić information content (AvgIpc) is 3.49. The van der Waals surface area contributed by atoms with Crippen molar-refractivity contribution in [2.75, 3.05) is 25.6 Å². The highest BCUT2D eigenvalue weighted by molar-refractivity contribution is 7.07. The molecule has 0 spiro atoms. The van der Waals surface area contributed by atoms with Gasteiger partial charge in [-0.3, -0.25) is 9.36 Å². The molecule has 200 valence electrons. The summed E-state index contributed by atoms with van der Waals surface area (Å²) in [6, 6.07) is 16.4. The molecule has 0 saturated carbocycles. The van der Waals surface area contributed by atoms with Gasteiger partial charge in [-0.15, -0.1) is 0 Å². The fourth-order valence-corrected chi connectivity index (χ4v) is 5.82. The number of thiazole rings is 1. The van der Waals surface area contributed by atoms with Crippen LogP contribution in [0.15, 0.2) is 80.1 Å². The molecule has 1 unspecified atom stereocenters. The smallest absolute Gasteiger partial charge is 0.338 e. The van der Waals surface area contributed by atoms with Crippen molar-refractivity contribution in [3.63, 3.8) is 0 Å². The Bertz CT molecular complexity index is 1780. The van der Waals surface area contributed by atoms with Gasteiger partial charge in [0.1, 0.15) is 11.5 Å². The summed E-state index contributed by atoms with van der Waals surface area (Å²) in [4.78, 5) is 34.0. The molecule has 9 heteroatoms. The van der Waals surface area contributed by atoms with Crippen molar-refractivity contribution in [3.8, 4) is 11.3 Å². The molecule has 0 amide bonds. The first-order valence-corrected chi connectivity index (χ1v) is 13.7. The van der Waals surface area contributed by atoms with Gasteiger partial charge in [0, 0.05) is 36.4 Å². The normalized spacial score (nSPS) is 15.2. The molecule has 0 fully saturated rings. The Morgan fingerprint density at radius 3 is 2.59 bits per heavy atom. The maximum atomic E-state index is 13.8. The van der Waals surface area contributed by atoms with Gasteiger partial charge >= 0.3 is 5.97 Å². The van der Waals surface area contributed by atoms with E-state index in [0.29, 0.717) is 37.1 Å². The number of rotatable bonds is 6. The van der Waals surface area contributed by atoms with Crippen LogP contribution in [-0.2, 0) is 9.53 Å².